The number of hydrogen-bond donors (Lipinski definition) is 5. The number of amides is 2. The molecular formula is C33H49N9O2. The maximum atomic E-state index is 13.0. The van der Waals surface area contributed by atoms with Crippen LogP contribution >= 0.6 is 0 Å². The molecule has 0 saturated carbocycles. The van der Waals surface area contributed by atoms with Gasteiger partial charge in [0.15, 0.2) is 0 Å². The molecule has 4 rings (SSSR count). The zero-order chi connectivity index (χ0) is 32.0. The second kappa shape index (κ2) is 14.1. The van der Waals surface area contributed by atoms with Crippen molar-refractivity contribution in [1.82, 2.24) is 25.0 Å². The fourth-order valence-corrected chi connectivity index (χ4v) is 5.74. The number of rotatable bonds is 6. The normalized spacial score (nSPS) is 19.8. The van der Waals surface area contributed by atoms with E-state index in [0.717, 1.165) is 43.6 Å². The van der Waals surface area contributed by atoms with Crippen molar-refractivity contribution < 1.29 is 9.53 Å². The number of carbonyl (C=O) groups excluding carboxylic acids is 1. The molecule has 1 saturated heterocycles. The van der Waals surface area contributed by atoms with Gasteiger partial charge in [-0.15, -0.1) is 0 Å². The van der Waals surface area contributed by atoms with E-state index in [2.05, 4.69) is 34.6 Å². The number of carbonyl (C=O) groups is 1. The summed E-state index contributed by atoms with van der Waals surface area (Å²) < 4.78 is 8.09. The van der Waals surface area contributed by atoms with E-state index in [1.807, 2.05) is 49.9 Å². The Morgan fingerprint density at radius 2 is 1.80 bits per heavy atom. The first kappa shape index (κ1) is 32.8. The Morgan fingerprint density at radius 3 is 2.43 bits per heavy atom. The molecule has 2 heterocycles. The first-order chi connectivity index (χ1) is 20.8. The fourth-order valence-electron chi connectivity index (χ4n) is 5.74. The van der Waals surface area contributed by atoms with Gasteiger partial charge in [-0.3, -0.25) is 25.7 Å². The molecule has 1 aromatic carbocycles. The lowest BCUT2D eigenvalue weighted by Gasteiger charge is -2.35. The van der Waals surface area contributed by atoms with E-state index in [1.54, 1.807) is 36.0 Å². The van der Waals surface area contributed by atoms with Crippen LogP contribution in [0.5, 0.6) is 5.75 Å². The van der Waals surface area contributed by atoms with E-state index < -0.39 is 0 Å². The highest BCUT2D eigenvalue weighted by Gasteiger charge is 2.30. The third-order valence-electron chi connectivity index (χ3n) is 8.35. The summed E-state index contributed by atoms with van der Waals surface area (Å²) in [6.07, 6.45) is 6.65. The van der Waals surface area contributed by atoms with Gasteiger partial charge in [0, 0.05) is 37.8 Å². The third-order valence-corrected chi connectivity index (χ3v) is 8.35. The van der Waals surface area contributed by atoms with E-state index in [-0.39, 0.29) is 29.1 Å². The number of nitrogens with two attached hydrogens (primary N) is 1. The predicted molar refractivity (Wildman–Crippen MR) is 175 cm³/mol. The Kier molecular flexibility index (Phi) is 10.5. The van der Waals surface area contributed by atoms with Crippen molar-refractivity contribution in [2.45, 2.75) is 58.6 Å². The van der Waals surface area contributed by atoms with Gasteiger partial charge in [-0.1, -0.05) is 45.0 Å². The summed E-state index contributed by atoms with van der Waals surface area (Å²) in [5, 5.41) is 23.3. The van der Waals surface area contributed by atoms with E-state index in [4.69, 9.17) is 21.3 Å². The van der Waals surface area contributed by atoms with E-state index >= 15 is 0 Å². The number of piperidine rings is 1. The minimum atomic E-state index is -0.348. The van der Waals surface area contributed by atoms with Gasteiger partial charge in [-0.05, 0) is 75.0 Å². The molecule has 0 spiro atoms. The summed E-state index contributed by atoms with van der Waals surface area (Å²) in [5.41, 5.74) is 8.82. The maximum Gasteiger partial charge on any atom is 0.320 e. The van der Waals surface area contributed by atoms with Crippen LogP contribution in [0.3, 0.4) is 0 Å². The fraction of sp³-hybridized carbons (Fsp3) is 0.515. The molecule has 1 fully saturated rings. The number of fused-ring (bicyclic) bond motifs is 1. The van der Waals surface area contributed by atoms with E-state index in [1.165, 1.54) is 0 Å². The molecule has 1 aromatic heterocycles. The summed E-state index contributed by atoms with van der Waals surface area (Å²) in [5.74, 6) is 1.93. The van der Waals surface area contributed by atoms with Crippen molar-refractivity contribution in [2.24, 2.45) is 22.1 Å². The van der Waals surface area contributed by atoms with Gasteiger partial charge < -0.3 is 25.6 Å². The monoisotopic (exact) mass is 603 g/mol. The number of aromatic nitrogens is 1. The predicted octanol–water partition coefficient (Wildman–Crippen LogP) is 4.20. The third kappa shape index (κ3) is 8.28. The number of likely N-dealkylation sites (tertiary alicyclic amines) is 1. The Hall–Kier alpha value is -4.12. The van der Waals surface area contributed by atoms with Crippen molar-refractivity contribution in [2.75, 3.05) is 40.8 Å². The topological polar surface area (TPSA) is 148 Å². The number of pyridine rings is 1. The summed E-state index contributed by atoms with van der Waals surface area (Å²) in [6, 6.07) is 10.9. The average molecular weight is 604 g/mol. The van der Waals surface area contributed by atoms with Gasteiger partial charge in [0.05, 0.1) is 12.2 Å². The molecule has 0 bridgehead atoms. The van der Waals surface area contributed by atoms with Crippen LogP contribution in [0, 0.1) is 22.2 Å². The summed E-state index contributed by atoms with van der Waals surface area (Å²) >= 11 is 0. The SMILES string of the molecule is CN=C(C=C(N)C(C)(C)C)NC(=O)NC1CC[C@@H](Oc2ccc(=N)n(C(=N)N3CCC(CN(C)C)CC3)c2)c2ccccc21. The zero-order valence-corrected chi connectivity index (χ0v) is 27.0. The highest BCUT2D eigenvalue weighted by atomic mass is 16.5. The van der Waals surface area contributed by atoms with Gasteiger partial charge in [0.2, 0.25) is 5.96 Å². The standard InChI is InChI=1S/C33H49N9O2/c1-33(2,3)28(34)19-30(37-4)39-32(43)38-26-12-13-27(25-10-8-7-9-24(25)26)44-23-11-14-29(35)42(21-23)31(36)41-17-15-22(16-18-41)20-40(5)6/h7-11,14,19,21-22,26-27,35-36H,12-13,15-18,20,34H2,1-6H3,(H2,37,38,39,43)/t26?,27-/m1/s1. The molecule has 1 aliphatic heterocycles. The van der Waals surface area contributed by atoms with Gasteiger partial charge in [0.1, 0.15) is 23.2 Å². The molecule has 6 N–H and O–H groups in total. The smallest absolute Gasteiger partial charge is 0.320 e. The van der Waals surface area contributed by atoms with Gasteiger partial charge in [0.25, 0.3) is 0 Å². The van der Waals surface area contributed by atoms with Crippen molar-refractivity contribution >= 4 is 17.8 Å². The highest BCUT2D eigenvalue weighted by Crippen LogP contribution is 2.38. The van der Waals surface area contributed by atoms with Crippen LogP contribution in [0.2, 0.25) is 0 Å². The first-order valence-electron chi connectivity index (χ1n) is 15.4. The number of nitrogens with one attached hydrogen (secondary N) is 4. The quantitative estimate of drug-likeness (QED) is 0.248. The number of benzene rings is 1. The molecule has 2 amide bonds. The van der Waals surface area contributed by atoms with Crippen molar-refractivity contribution in [3.05, 3.63) is 71.0 Å². The lowest BCUT2D eigenvalue weighted by atomic mass is 9.85. The number of hydrogen-bond acceptors (Lipinski definition) is 7. The molecular weight excluding hydrogens is 554 g/mol. The Bertz CT molecular complexity index is 1450. The second-order valence-electron chi connectivity index (χ2n) is 13.1. The molecule has 2 aromatic rings. The number of nitrogens with zero attached hydrogens (tertiary/aromatic N) is 4. The van der Waals surface area contributed by atoms with E-state index in [9.17, 15) is 4.79 Å². The molecule has 11 heteroatoms. The van der Waals surface area contributed by atoms with Crippen molar-refractivity contribution in [3.63, 3.8) is 0 Å². The van der Waals surface area contributed by atoms with Crippen molar-refractivity contribution in [1.29, 1.82) is 10.8 Å². The minimum Gasteiger partial charge on any atom is -0.484 e. The summed E-state index contributed by atoms with van der Waals surface area (Å²) in [6.45, 7) is 8.68. The molecule has 0 radical (unpaired) electrons. The van der Waals surface area contributed by atoms with Gasteiger partial charge >= 0.3 is 6.03 Å². The lowest BCUT2D eigenvalue weighted by Crippen LogP contribution is -2.45. The largest absolute Gasteiger partial charge is 0.484 e. The Balaban J connectivity index is 1.43. The second-order valence-corrected chi connectivity index (χ2v) is 13.1. The molecule has 2 atom stereocenters. The summed E-state index contributed by atoms with van der Waals surface area (Å²) in [7, 11) is 5.82. The number of urea groups is 1. The first-order valence-corrected chi connectivity index (χ1v) is 15.4. The zero-order valence-electron chi connectivity index (χ0n) is 27.0. The molecule has 2 aliphatic rings. The van der Waals surface area contributed by atoms with E-state index in [0.29, 0.717) is 42.0 Å². The van der Waals surface area contributed by atoms with Crippen molar-refractivity contribution in [3.8, 4) is 5.75 Å². The number of ether oxygens (including phenoxy) is 1. The number of allylic oxidation sites excluding steroid dienone is 1. The Labute approximate surface area is 261 Å². The molecule has 1 aliphatic carbocycles. The van der Waals surface area contributed by atoms with Crippen LogP contribution in [-0.4, -0.2) is 73.0 Å². The summed E-state index contributed by atoms with van der Waals surface area (Å²) in [4.78, 5) is 21.4. The van der Waals surface area contributed by atoms with Gasteiger partial charge in [-0.25, -0.2) is 4.79 Å². The molecule has 1 unspecified atom stereocenters. The highest BCUT2D eigenvalue weighted by molar-refractivity contribution is 6.04. The van der Waals surface area contributed by atoms with Crippen LogP contribution in [0.15, 0.2) is 59.4 Å². The van der Waals surface area contributed by atoms with Crippen LogP contribution in [0.1, 0.15) is 69.7 Å². The molecule has 11 nitrogen and oxygen atoms in total. The number of amidine groups is 1. The van der Waals surface area contributed by atoms with Crippen LogP contribution in [0.4, 0.5) is 4.79 Å². The molecule has 44 heavy (non-hydrogen) atoms. The van der Waals surface area contributed by atoms with Crippen LogP contribution < -0.4 is 26.6 Å². The van der Waals surface area contributed by atoms with Crippen LogP contribution in [-0.2, 0) is 0 Å². The number of aliphatic imine (C=N–C) groups is 1. The van der Waals surface area contributed by atoms with Gasteiger partial charge in [-0.2, -0.15) is 0 Å². The maximum absolute atomic E-state index is 13.0. The lowest BCUT2D eigenvalue weighted by molar-refractivity contribution is 0.170. The minimum absolute atomic E-state index is 0.197. The Morgan fingerprint density at radius 1 is 1.11 bits per heavy atom. The average Bonchev–Trinajstić information content (AvgIpc) is 2.98. The van der Waals surface area contributed by atoms with Crippen LogP contribution in [0.25, 0.3) is 0 Å². The molecule has 238 valence electrons.